The lowest BCUT2D eigenvalue weighted by atomic mass is 9.87. The first-order valence-electron chi connectivity index (χ1n) is 7.43. The predicted molar refractivity (Wildman–Crippen MR) is 90.0 cm³/mol. The summed E-state index contributed by atoms with van der Waals surface area (Å²) in [6.45, 7) is 6.39. The molecule has 0 saturated heterocycles. The molecule has 0 bridgehead atoms. The van der Waals surface area contributed by atoms with Crippen LogP contribution in [0.3, 0.4) is 0 Å². The van der Waals surface area contributed by atoms with Gasteiger partial charge in [-0.2, -0.15) is 0 Å². The Morgan fingerprint density at radius 3 is 2.39 bits per heavy atom. The van der Waals surface area contributed by atoms with E-state index in [1.165, 1.54) is 6.07 Å². The lowest BCUT2D eigenvalue weighted by molar-refractivity contribution is 0.589. The van der Waals surface area contributed by atoms with Crippen LogP contribution in [0.25, 0.3) is 22.9 Å². The fraction of sp³-hybridized carbons (Fsp3) is 0.222. The smallest absolute Gasteiger partial charge is 0.251 e. The van der Waals surface area contributed by atoms with Crippen molar-refractivity contribution in [3.8, 4) is 22.9 Å². The van der Waals surface area contributed by atoms with E-state index in [-0.39, 0.29) is 11.0 Å². The van der Waals surface area contributed by atoms with Crippen LogP contribution in [-0.4, -0.2) is 19.9 Å². The van der Waals surface area contributed by atoms with Crippen LogP contribution in [0.5, 0.6) is 0 Å². The van der Waals surface area contributed by atoms with E-state index in [1.54, 1.807) is 12.4 Å². The van der Waals surface area contributed by atoms with Crippen molar-refractivity contribution in [1.82, 2.24) is 19.9 Å². The molecule has 0 saturated carbocycles. The molecule has 0 aliphatic rings. The average Bonchev–Trinajstić information content (AvgIpc) is 2.54. The molecule has 23 heavy (non-hydrogen) atoms. The Morgan fingerprint density at radius 1 is 0.913 bits per heavy atom. The SMILES string of the molecule is CC(C)(C)c1ccnc(-c2nc(-c3ccccn3)cc(=O)[nH]2)c1. The maximum absolute atomic E-state index is 12.0. The summed E-state index contributed by atoms with van der Waals surface area (Å²) in [4.78, 5) is 27.9. The Bertz CT molecular complexity index is 879. The van der Waals surface area contributed by atoms with E-state index in [1.807, 2.05) is 30.3 Å². The minimum Gasteiger partial charge on any atom is -0.305 e. The maximum Gasteiger partial charge on any atom is 0.251 e. The first-order valence-corrected chi connectivity index (χ1v) is 7.43. The lowest BCUT2D eigenvalue weighted by Crippen LogP contribution is -2.13. The monoisotopic (exact) mass is 306 g/mol. The number of hydrogen-bond acceptors (Lipinski definition) is 4. The van der Waals surface area contributed by atoms with Crippen molar-refractivity contribution in [2.24, 2.45) is 0 Å². The number of pyridine rings is 2. The number of hydrogen-bond donors (Lipinski definition) is 1. The molecule has 5 heteroatoms. The molecule has 0 aliphatic carbocycles. The Morgan fingerprint density at radius 2 is 1.70 bits per heavy atom. The van der Waals surface area contributed by atoms with E-state index >= 15 is 0 Å². The highest BCUT2D eigenvalue weighted by Gasteiger charge is 2.16. The average molecular weight is 306 g/mol. The van der Waals surface area contributed by atoms with Crippen molar-refractivity contribution in [1.29, 1.82) is 0 Å². The number of aromatic amines is 1. The molecule has 0 spiro atoms. The van der Waals surface area contributed by atoms with Gasteiger partial charge >= 0.3 is 0 Å². The van der Waals surface area contributed by atoms with Crippen molar-refractivity contribution in [2.75, 3.05) is 0 Å². The molecule has 116 valence electrons. The van der Waals surface area contributed by atoms with E-state index in [2.05, 4.69) is 40.7 Å². The second-order valence-corrected chi connectivity index (χ2v) is 6.37. The lowest BCUT2D eigenvalue weighted by Gasteiger charge is -2.19. The quantitative estimate of drug-likeness (QED) is 0.789. The van der Waals surface area contributed by atoms with Crippen molar-refractivity contribution in [3.63, 3.8) is 0 Å². The van der Waals surface area contributed by atoms with Gasteiger partial charge in [-0.15, -0.1) is 0 Å². The zero-order chi connectivity index (χ0) is 16.4. The van der Waals surface area contributed by atoms with Crippen molar-refractivity contribution < 1.29 is 0 Å². The molecule has 3 rings (SSSR count). The van der Waals surface area contributed by atoms with Crippen LogP contribution >= 0.6 is 0 Å². The largest absolute Gasteiger partial charge is 0.305 e. The number of rotatable bonds is 2. The summed E-state index contributed by atoms with van der Waals surface area (Å²) in [5.41, 5.74) is 2.75. The molecule has 3 aromatic heterocycles. The minimum absolute atomic E-state index is 0.00339. The van der Waals surface area contributed by atoms with Crippen LogP contribution in [0.1, 0.15) is 26.3 Å². The second-order valence-electron chi connectivity index (χ2n) is 6.37. The van der Waals surface area contributed by atoms with Gasteiger partial charge in [0.05, 0.1) is 11.4 Å². The summed E-state index contributed by atoms with van der Waals surface area (Å²) >= 11 is 0. The molecule has 0 amide bonds. The molecule has 0 unspecified atom stereocenters. The highest BCUT2D eigenvalue weighted by atomic mass is 16.1. The van der Waals surface area contributed by atoms with Crippen LogP contribution in [0.4, 0.5) is 0 Å². The molecule has 3 heterocycles. The number of aromatic nitrogens is 4. The molecule has 0 radical (unpaired) electrons. The Labute approximate surface area is 134 Å². The Hall–Kier alpha value is -2.82. The van der Waals surface area contributed by atoms with E-state index in [9.17, 15) is 4.79 Å². The molecule has 0 atom stereocenters. The zero-order valence-corrected chi connectivity index (χ0v) is 13.4. The molecular formula is C18H18N4O. The fourth-order valence-corrected chi connectivity index (χ4v) is 2.25. The van der Waals surface area contributed by atoms with Crippen LogP contribution in [0.2, 0.25) is 0 Å². The number of nitrogens with zero attached hydrogens (tertiary/aromatic N) is 3. The zero-order valence-electron chi connectivity index (χ0n) is 13.4. The third-order valence-corrected chi connectivity index (χ3v) is 3.54. The maximum atomic E-state index is 12.0. The number of H-pyrrole nitrogens is 1. The van der Waals surface area contributed by atoms with Gasteiger partial charge in [0, 0.05) is 18.5 Å². The first kappa shape index (κ1) is 15.1. The Kier molecular flexibility index (Phi) is 3.78. The fourth-order valence-electron chi connectivity index (χ4n) is 2.25. The number of nitrogens with one attached hydrogen (secondary N) is 1. The van der Waals surface area contributed by atoms with Gasteiger partial charge in [-0.25, -0.2) is 4.98 Å². The topological polar surface area (TPSA) is 71.5 Å². The highest BCUT2D eigenvalue weighted by molar-refractivity contribution is 5.58. The van der Waals surface area contributed by atoms with Gasteiger partial charge in [0.1, 0.15) is 5.69 Å². The van der Waals surface area contributed by atoms with Gasteiger partial charge in [-0.1, -0.05) is 26.8 Å². The third kappa shape index (κ3) is 3.34. The summed E-state index contributed by atoms with van der Waals surface area (Å²) in [7, 11) is 0. The third-order valence-electron chi connectivity index (χ3n) is 3.54. The van der Waals surface area contributed by atoms with Gasteiger partial charge in [-0.3, -0.25) is 14.8 Å². The molecule has 3 aromatic rings. The van der Waals surface area contributed by atoms with Crippen LogP contribution in [0.15, 0.2) is 53.6 Å². The molecule has 0 aromatic carbocycles. The summed E-state index contributed by atoms with van der Waals surface area (Å²) in [5.74, 6) is 0.448. The van der Waals surface area contributed by atoms with Crippen molar-refractivity contribution in [2.45, 2.75) is 26.2 Å². The Balaban J connectivity index is 2.11. The van der Waals surface area contributed by atoms with Gasteiger partial charge in [-0.05, 0) is 35.2 Å². The standard InChI is InChI=1S/C18H18N4O/c1-18(2,3)12-7-9-20-15(10-12)17-21-14(11-16(23)22-17)13-6-4-5-8-19-13/h4-11H,1-3H3,(H,21,22,23). The predicted octanol–water partition coefficient (Wildman–Crippen LogP) is 3.19. The summed E-state index contributed by atoms with van der Waals surface area (Å²) in [6, 6.07) is 10.9. The van der Waals surface area contributed by atoms with Crippen molar-refractivity contribution in [3.05, 3.63) is 64.7 Å². The highest BCUT2D eigenvalue weighted by Crippen LogP contribution is 2.25. The summed E-state index contributed by atoms with van der Waals surface area (Å²) in [6.07, 6.45) is 3.42. The summed E-state index contributed by atoms with van der Waals surface area (Å²) < 4.78 is 0. The minimum atomic E-state index is -0.224. The van der Waals surface area contributed by atoms with E-state index in [0.29, 0.717) is 22.9 Å². The van der Waals surface area contributed by atoms with E-state index < -0.39 is 0 Å². The van der Waals surface area contributed by atoms with Gasteiger partial charge in [0.2, 0.25) is 0 Å². The molecular weight excluding hydrogens is 288 g/mol. The first-order chi connectivity index (χ1) is 10.9. The molecule has 1 N–H and O–H groups in total. The van der Waals surface area contributed by atoms with Gasteiger partial charge in [0.25, 0.3) is 5.56 Å². The van der Waals surface area contributed by atoms with E-state index in [0.717, 1.165) is 5.56 Å². The molecule has 0 aliphatic heterocycles. The van der Waals surface area contributed by atoms with Gasteiger partial charge < -0.3 is 4.98 Å². The van der Waals surface area contributed by atoms with Crippen LogP contribution < -0.4 is 5.56 Å². The molecule has 5 nitrogen and oxygen atoms in total. The van der Waals surface area contributed by atoms with Crippen LogP contribution in [-0.2, 0) is 5.41 Å². The molecule has 0 fully saturated rings. The second kappa shape index (κ2) is 5.76. The van der Waals surface area contributed by atoms with Crippen molar-refractivity contribution >= 4 is 0 Å². The van der Waals surface area contributed by atoms with Gasteiger partial charge in [0.15, 0.2) is 5.82 Å². The van der Waals surface area contributed by atoms with Crippen LogP contribution in [0, 0.1) is 0 Å². The summed E-state index contributed by atoms with van der Waals surface area (Å²) in [5, 5.41) is 0. The normalized spacial score (nSPS) is 11.4. The van der Waals surface area contributed by atoms with E-state index in [4.69, 9.17) is 0 Å².